The van der Waals surface area contributed by atoms with E-state index in [-0.39, 0.29) is 11.7 Å². The molecule has 0 aromatic heterocycles. The van der Waals surface area contributed by atoms with E-state index in [1.54, 1.807) is 12.1 Å². The average molecular weight is 250 g/mol. The molecule has 1 fully saturated rings. The summed E-state index contributed by atoms with van der Waals surface area (Å²) in [5.74, 6) is -0.265. The third-order valence-corrected chi connectivity index (χ3v) is 3.31. The van der Waals surface area contributed by atoms with E-state index < -0.39 is 0 Å². The van der Waals surface area contributed by atoms with Crippen LogP contribution in [-0.4, -0.2) is 18.5 Å². The van der Waals surface area contributed by atoms with Crippen molar-refractivity contribution >= 4 is 5.91 Å². The molecule has 1 saturated carbocycles. The molecule has 0 heterocycles. The van der Waals surface area contributed by atoms with Gasteiger partial charge in [0, 0.05) is 12.6 Å². The molecule has 0 spiro atoms. The van der Waals surface area contributed by atoms with Gasteiger partial charge < -0.3 is 10.6 Å². The minimum absolute atomic E-state index is 0.00813. The maximum atomic E-state index is 12.7. The zero-order valence-electron chi connectivity index (χ0n) is 10.4. The number of hydrogen-bond acceptors (Lipinski definition) is 2. The quantitative estimate of drug-likeness (QED) is 0.839. The number of amides is 1. The summed E-state index contributed by atoms with van der Waals surface area (Å²) in [5.41, 5.74) is 0.908. The summed E-state index contributed by atoms with van der Waals surface area (Å²) in [6.07, 6.45) is 4.86. The lowest BCUT2D eigenvalue weighted by molar-refractivity contribution is -0.120. The molecule has 1 aromatic carbocycles. The summed E-state index contributed by atoms with van der Waals surface area (Å²) in [6, 6.07) is 6.66. The van der Waals surface area contributed by atoms with E-state index in [4.69, 9.17) is 0 Å². The highest BCUT2D eigenvalue weighted by Crippen LogP contribution is 2.17. The van der Waals surface area contributed by atoms with Gasteiger partial charge in [0.25, 0.3) is 0 Å². The average Bonchev–Trinajstić information content (AvgIpc) is 2.89. The molecule has 1 aromatic rings. The fraction of sp³-hybridized carbons (Fsp3) is 0.500. The molecular formula is C14H19FN2O. The number of hydrogen-bond donors (Lipinski definition) is 2. The molecular weight excluding hydrogens is 231 g/mol. The van der Waals surface area contributed by atoms with E-state index in [9.17, 15) is 9.18 Å². The van der Waals surface area contributed by atoms with Gasteiger partial charge in [-0.05, 0) is 30.5 Å². The highest BCUT2D eigenvalue weighted by atomic mass is 19.1. The van der Waals surface area contributed by atoms with Crippen LogP contribution in [0.1, 0.15) is 31.2 Å². The lowest BCUT2D eigenvalue weighted by Gasteiger charge is -2.11. The Balaban J connectivity index is 1.66. The van der Waals surface area contributed by atoms with Crippen molar-refractivity contribution in [2.45, 2.75) is 38.3 Å². The zero-order valence-corrected chi connectivity index (χ0v) is 10.4. The van der Waals surface area contributed by atoms with Gasteiger partial charge >= 0.3 is 0 Å². The second-order valence-electron chi connectivity index (χ2n) is 4.77. The Morgan fingerprint density at radius 3 is 2.56 bits per heavy atom. The number of rotatable bonds is 5. The van der Waals surface area contributed by atoms with Crippen LogP contribution in [-0.2, 0) is 11.3 Å². The monoisotopic (exact) mass is 250 g/mol. The zero-order chi connectivity index (χ0) is 12.8. The molecule has 1 aliphatic rings. The molecule has 0 unspecified atom stereocenters. The summed E-state index contributed by atoms with van der Waals surface area (Å²) >= 11 is 0. The predicted octanol–water partition coefficient (Wildman–Crippen LogP) is 1.97. The first-order chi connectivity index (χ1) is 8.74. The van der Waals surface area contributed by atoms with Gasteiger partial charge in [-0.15, -0.1) is 0 Å². The van der Waals surface area contributed by atoms with Gasteiger partial charge in [0.15, 0.2) is 0 Å². The highest BCUT2D eigenvalue weighted by molar-refractivity contribution is 5.78. The fourth-order valence-electron chi connectivity index (χ4n) is 2.23. The van der Waals surface area contributed by atoms with Crippen LogP contribution in [0.25, 0.3) is 0 Å². The van der Waals surface area contributed by atoms with Crippen molar-refractivity contribution < 1.29 is 9.18 Å². The smallest absolute Gasteiger partial charge is 0.234 e. The van der Waals surface area contributed by atoms with E-state index in [0.717, 1.165) is 5.56 Å². The first kappa shape index (κ1) is 13.0. The third kappa shape index (κ3) is 4.11. The maximum Gasteiger partial charge on any atom is 0.234 e. The van der Waals surface area contributed by atoms with E-state index in [1.165, 1.54) is 37.8 Å². The Morgan fingerprint density at radius 2 is 1.89 bits per heavy atom. The molecule has 4 heteroatoms. The summed E-state index contributed by atoms with van der Waals surface area (Å²) < 4.78 is 12.7. The van der Waals surface area contributed by atoms with Crippen molar-refractivity contribution in [2.24, 2.45) is 0 Å². The molecule has 2 rings (SSSR count). The molecule has 18 heavy (non-hydrogen) atoms. The van der Waals surface area contributed by atoms with Gasteiger partial charge in [0.1, 0.15) is 5.82 Å². The molecule has 1 aliphatic carbocycles. The van der Waals surface area contributed by atoms with Gasteiger partial charge in [-0.1, -0.05) is 25.0 Å². The first-order valence-corrected chi connectivity index (χ1v) is 6.48. The lowest BCUT2D eigenvalue weighted by atomic mass is 10.2. The highest BCUT2D eigenvalue weighted by Gasteiger charge is 2.14. The van der Waals surface area contributed by atoms with E-state index >= 15 is 0 Å². The molecule has 2 N–H and O–H groups in total. The van der Waals surface area contributed by atoms with Crippen LogP contribution < -0.4 is 10.6 Å². The molecule has 98 valence electrons. The fourth-order valence-corrected chi connectivity index (χ4v) is 2.23. The van der Waals surface area contributed by atoms with Gasteiger partial charge in [-0.2, -0.15) is 0 Å². The number of benzene rings is 1. The number of nitrogens with one attached hydrogen (secondary N) is 2. The number of carbonyl (C=O) groups excluding carboxylic acids is 1. The first-order valence-electron chi connectivity index (χ1n) is 6.48. The van der Waals surface area contributed by atoms with E-state index in [1.807, 2.05) is 0 Å². The molecule has 0 atom stereocenters. The Morgan fingerprint density at radius 1 is 1.22 bits per heavy atom. The largest absolute Gasteiger partial charge is 0.351 e. The Labute approximate surface area is 107 Å². The van der Waals surface area contributed by atoms with E-state index in [0.29, 0.717) is 19.1 Å². The standard InChI is InChI=1S/C14H19FN2O/c15-12-7-5-11(6-8-12)9-17-14(18)10-16-13-3-1-2-4-13/h5-8,13,16H,1-4,9-10H2,(H,17,18). The molecule has 0 aliphatic heterocycles. The maximum absolute atomic E-state index is 12.7. The molecule has 0 radical (unpaired) electrons. The van der Waals surface area contributed by atoms with Crippen molar-refractivity contribution in [3.63, 3.8) is 0 Å². The van der Waals surface area contributed by atoms with Crippen molar-refractivity contribution in [2.75, 3.05) is 6.54 Å². The summed E-state index contributed by atoms with van der Waals surface area (Å²) in [7, 11) is 0. The van der Waals surface area contributed by atoms with Crippen LogP contribution in [0.15, 0.2) is 24.3 Å². The van der Waals surface area contributed by atoms with Crippen LogP contribution in [0.2, 0.25) is 0 Å². The molecule has 0 saturated heterocycles. The Kier molecular flexibility index (Phi) is 4.70. The van der Waals surface area contributed by atoms with Gasteiger partial charge in [-0.25, -0.2) is 4.39 Å². The second kappa shape index (κ2) is 6.50. The van der Waals surface area contributed by atoms with Crippen LogP contribution in [0.4, 0.5) is 4.39 Å². The Hall–Kier alpha value is -1.42. The van der Waals surface area contributed by atoms with E-state index in [2.05, 4.69) is 10.6 Å². The third-order valence-electron chi connectivity index (χ3n) is 3.31. The summed E-state index contributed by atoms with van der Waals surface area (Å²) in [4.78, 5) is 11.6. The molecule has 3 nitrogen and oxygen atoms in total. The second-order valence-corrected chi connectivity index (χ2v) is 4.77. The van der Waals surface area contributed by atoms with Gasteiger partial charge in [-0.3, -0.25) is 4.79 Å². The summed E-state index contributed by atoms with van der Waals surface area (Å²) in [5, 5.41) is 6.07. The van der Waals surface area contributed by atoms with Crippen LogP contribution >= 0.6 is 0 Å². The van der Waals surface area contributed by atoms with Crippen LogP contribution in [0, 0.1) is 5.82 Å². The molecule has 0 bridgehead atoms. The Bertz CT molecular complexity index is 385. The number of carbonyl (C=O) groups is 1. The van der Waals surface area contributed by atoms with Crippen LogP contribution in [0.3, 0.4) is 0 Å². The summed E-state index contributed by atoms with van der Waals surface area (Å²) in [6.45, 7) is 0.817. The van der Waals surface area contributed by atoms with Crippen molar-refractivity contribution in [1.82, 2.24) is 10.6 Å². The van der Waals surface area contributed by atoms with Gasteiger partial charge in [0.2, 0.25) is 5.91 Å². The lowest BCUT2D eigenvalue weighted by Crippen LogP contribution is -2.37. The van der Waals surface area contributed by atoms with Crippen molar-refractivity contribution in [3.05, 3.63) is 35.6 Å². The molecule has 1 amide bonds. The SMILES string of the molecule is O=C(CNC1CCCC1)NCc1ccc(F)cc1. The van der Waals surface area contributed by atoms with Crippen molar-refractivity contribution in [1.29, 1.82) is 0 Å². The minimum Gasteiger partial charge on any atom is -0.351 e. The van der Waals surface area contributed by atoms with Crippen LogP contribution in [0.5, 0.6) is 0 Å². The minimum atomic E-state index is -0.257. The predicted molar refractivity (Wildman–Crippen MR) is 68.5 cm³/mol. The van der Waals surface area contributed by atoms with Gasteiger partial charge in [0.05, 0.1) is 6.54 Å². The number of halogens is 1. The normalized spacial score (nSPS) is 15.8. The van der Waals surface area contributed by atoms with Crippen molar-refractivity contribution in [3.8, 4) is 0 Å². The topological polar surface area (TPSA) is 41.1 Å².